The van der Waals surface area contributed by atoms with Gasteiger partial charge in [0.05, 0.1) is 18.4 Å². The number of amides is 1. The topological polar surface area (TPSA) is 86.4 Å². The van der Waals surface area contributed by atoms with Crippen LogP contribution in [0.2, 0.25) is 0 Å². The first-order valence-electron chi connectivity index (χ1n) is 11.2. The first kappa shape index (κ1) is 21.7. The second-order valence-electron chi connectivity index (χ2n) is 8.10. The molecule has 0 spiro atoms. The van der Waals surface area contributed by atoms with Crippen LogP contribution in [0.25, 0.3) is 22.1 Å². The fraction of sp³-hybridized carbons (Fsp3) is 0.320. The summed E-state index contributed by atoms with van der Waals surface area (Å²) in [6.07, 6.45) is 2.61. The highest BCUT2D eigenvalue weighted by Gasteiger charge is 2.23. The maximum absolute atomic E-state index is 13.3. The standard InChI is InChI=1S/C25H25N3O4S/c29-21(26-13-12-17-7-2-1-3-8-17)16-33-25-27-22-19-10-4-5-11-20(19)32-23(22)24(30)28(25)15-18-9-6-14-31-18/h1-5,7-8,10-11,18H,6,9,12-16H2,(H,26,29)/t18-/m1/s1. The number of fused-ring (bicyclic) bond motifs is 3. The van der Waals surface area contributed by atoms with Crippen molar-refractivity contribution in [2.75, 3.05) is 18.9 Å². The Morgan fingerprint density at radius 1 is 1.15 bits per heavy atom. The predicted octanol–water partition coefficient (Wildman–Crippen LogP) is 3.77. The van der Waals surface area contributed by atoms with E-state index in [1.165, 1.54) is 17.3 Å². The third-order valence-electron chi connectivity index (χ3n) is 5.77. The van der Waals surface area contributed by atoms with Crippen molar-refractivity contribution in [2.45, 2.75) is 37.1 Å². The first-order chi connectivity index (χ1) is 16.2. The van der Waals surface area contributed by atoms with Crippen molar-refractivity contribution in [1.82, 2.24) is 14.9 Å². The maximum atomic E-state index is 13.3. The first-order valence-corrected chi connectivity index (χ1v) is 12.1. The SMILES string of the molecule is O=C(CSc1nc2c(oc3ccccc32)c(=O)n1C[C@H]1CCCO1)NCCc1ccccc1. The van der Waals surface area contributed by atoms with Gasteiger partial charge in [-0.05, 0) is 37.0 Å². The molecule has 1 aliphatic heterocycles. The molecule has 5 rings (SSSR count). The zero-order valence-electron chi connectivity index (χ0n) is 18.2. The molecule has 1 N–H and O–H groups in total. The molecule has 7 nitrogen and oxygen atoms in total. The van der Waals surface area contributed by atoms with Gasteiger partial charge < -0.3 is 14.5 Å². The molecule has 3 heterocycles. The highest BCUT2D eigenvalue weighted by Crippen LogP contribution is 2.28. The summed E-state index contributed by atoms with van der Waals surface area (Å²) in [7, 11) is 0. The molecule has 8 heteroatoms. The molecule has 0 radical (unpaired) electrons. The van der Waals surface area contributed by atoms with Crippen LogP contribution >= 0.6 is 11.8 Å². The van der Waals surface area contributed by atoms with Gasteiger partial charge in [-0.25, -0.2) is 4.98 Å². The molecule has 2 aromatic heterocycles. The van der Waals surface area contributed by atoms with E-state index in [1.54, 1.807) is 4.57 Å². The van der Waals surface area contributed by atoms with Gasteiger partial charge >= 0.3 is 0 Å². The maximum Gasteiger partial charge on any atom is 0.297 e. The molecular weight excluding hydrogens is 438 g/mol. The number of hydrogen-bond donors (Lipinski definition) is 1. The number of carbonyl (C=O) groups is 1. The van der Waals surface area contributed by atoms with Crippen molar-refractivity contribution < 1.29 is 13.9 Å². The third-order valence-corrected chi connectivity index (χ3v) is 6.74. The van der Waals surface area contributed by atoms with E-state index in [2.05, 4.69) is 5.32 Å². The second-order valence-corrected chi connectivity index (χ2v) is 9.04. The lowest BCUT2D eigenvalue weighted by Gasteiger charge is -2.15. The van der Waals surface area contributed by atoms with Crippen molar-refractivity contribution in [3.63, 3.8) is 0 Å². The number of hydrogen-bond acceptors (Lipinski definition) is 6. The van der Waals surface area contributed by atoms with Crippen LogP contribution in [-0.2, 0) is 22.5 Å². The number of rotatable bonds is 8. The Balaban J connectivity index is 1.36. The van der Waals surface area contributed by atoms with Crippen molar-refractivity contribution in [1.29, 1.82) is 0 Å². The van der Waals surface area contributed by atoms with Gasteiger partial charge in [0.25, 0.3) is 5.56 Å². The van der Waals surface area contributed by atoms with Crippen molar-refractivity contribution in [2.24, 2.45) is 0 Å². The van der Waals surface area contributed by atoms with Crippen LogP contribution in [0.5, 0.6) is 0 Å². The van der Waals surface area contributed by atoms with Gasteiger partial charge in [0, 0.05) is 18.5 Å². The van der Waals surface area contributed by atoms with Crippen molar-refractivity contribution in [3.8, 4) is 0 Å². The van der Waals surface area contributed by atoms with Crippen LogP contribution in [-0.4, -0.2) is 40.5 Å². The fourth-order valence-corrected chi connectivity index (χ4v) is 4.92. The molecule has 2 aromatic carbocycles. The van der Waals surface area contributed by atoms with Crippen LogP contribution < -0.4 is 10.9 Å². The molecule has 1 saturated heterocycles. The Labute approximate surface area is 195 Å². The fourth-order valence-electron chi connectivity index (χ4n) is 4.09. The second kappa shape index (κ2) is 9.80. The van der Waals surface area contributed by atoms with E-state index < -0.39 is 0 Å². The zero-order chi connectivity index (χ0) is 22.6. The van der Waals surface area contributed by atoms with Gasteiger partial charge in [-0.3, -0.25) is 14.2 Å². The number of benzene rings is 2. The number of para-hydroxylation sites is 1. The molecule has 1 amide bonds. The number of nitrogens with zero attached hydrogens (tertiary/aromatic N) is 2. The Hall–Kier alpha value is -3.10. The van der Waals surface area contributed by atoms with Gasteiger partial charge in [0.2, 0.25) is 11.5 Å². The van der Waals surface area contributed by atoms with Crippen LogP contribution in [0.3, 0.4) is 0 Å². The molecule has 0 unspecified atom stereocenters. The van der Waals surface area contributed by atoms with Gasteiger partial charge in [-0.2, -0.15) is 0 Å². The Bertz CT molecular complexity index is 1330. The normalized spacial score (nSPS) is 15.9. The number of thioether (sulfide) groups is 1. The summed E-state index contributed by atoms with van der Waals surface area (Å²) in [6, 6.07) is 17.5. The number of carbonyl (C=O) groups excluding carboxylic acids is 1. The molecule has 0 saturated carbocycles. The molecule has 1 atom stereocenters. The number of nitrogens with one attached hydrogen (secondary N) is 1. The summed E-state index contributed by atoms with van der Waals surface area (Å²) < 4.78 is 13.2. The molecular formula is C25H25N3O4S. The predicted molar refractivity (Wildman–Crippen MR) is 129 cm³/mol. The third kappa shape index (κ3) is 4.82. The van der Waals surface area contributed by atoms with E-state index in [9.17, 15) is 9.59 Å². The lowest BCUT2D eigenvalue weighted by molar-refractivity contribution is -0.118. The summed E-state index contributed by atoms with van der Waals surface area (Å²) >= 11 is 1.27. The van der Waals surface area contributed by atoms with Crippen LogP contribution in [0.15, 0.2) is 69.0 Å². The summed E-state index contributed by atoms with van der Waals surface area (Å²) in [5, 5.41) is 4.25. The molecule has 33 heavy (non-hydrogen) atoms. The summed E-state index contributed by atoms with van der Waals surface area (Å²) in [5.41, 5.74) is 2.34. The van der Waals surface area contributed by atoms with E-state index in [0.717, 1.165) is 24.6 Å². The minimum atomic E-state index is -0.237. The monoisotopic (exact) mass is 463 g/mol. The molecule has 170 valence electrons. The van der Waals surface area contributed by atoms with E-state index >= 15 is 0 Å². The summed E-state index contributed by atoms with van der Waals surface area (Å²) in [5.74, 6) is 0.0830. The number of ether oxygens (including phenoxy) is 1. The van der Waals surface area contributed by atoms with Crippen molar-refractivity contribution in [3.05, 3.63) is 70.5 Å². The lowest BCUT2D eigenvalue weighted by atomic mass is 10.1. The smallest absolute Gasteiger partial charge is 0.297 e. The van der Waals surface area contributed by atoms with Gasteiger partial charge in [-0.1, -0.05) is 54.2 Å². The molecule has 0 aliphatic carbocycles. The summed E-state index contributed by atoms with van der Waals surface area (Å²) in [6.45, 7) is 1.66. The average Bonchev–Trinajstić information content (AvgIpc) is 3.48. The van der Waals surface area contributed by atoms with Crippen LogP contribution in [0.1, 0.15) is 18.4 Å². The number of furan rings is 1. The van der Waals surface area contributed by atoms with Gasteiger partial charge in [0.1, 0.15) is 11.1 Å². The Kier molecular flexibility index (Phi) is 6.46. The molecule has 1 fully saturated rings. The van der Waals surface area contributed by atoms with Crippen LogP contribution in [0.4, 0.5) is 0 Å². The highest BCUT2D eigenvalue weighted by atomic mass is 32.2. The molecule has 4 aromatic rings. The number of aromatic nitrogens is 2. The highest BCUT2D eigenvalue weighted by molar-refractivity contribution is 7.99. The molecule has 0 bridgehead atoms. The minimum absolute atomic E-state index is 0.0367. The lowest BCUT2D eigenvalue weighted by Crippen LogP contribution is -2.30. The van der Waals surface area contributed by atoms with E-state index in [4.69, 9.17) is 14.1 Å². The summed E-state index contributed by atoms with van der Waals surface area (Å²) in [4.78, 5) is 30.6. The van der Waals surface area contributed by atoms with E-state index in [1.807, 2.05) is 54.6 Å². The van der Waals surface area contributed by atoms with Gasteiger partial charge in [-0.15, -0.1) is 0 Å². The van der Waals surface area contributed by atoms with Crippen LogP contribution in [0, 0.1) is 0 Å². The quantitative estimate of drug-likeness (QED) is 0.316. The van der Waals surface area contributed by atoms with Crippen molar-refractivity contribution >= 4 is 39.7 Å². The molecule has 1 aliphatic rings. The Morgan fingerprint density at radius 3 is 2.79 bits per heavy atom. The minimum Gasteiger partial charge on any atom is -0.448 e. The van der Waals surface area contributed by atoms with Gasteiger partial charge in [0.15, 0.2) is 5.16 Å². The van der Waals surface area contributed by atoms with E-state index in [-0.39, 0.29) is 28.9 Å². The average molecular weight is 464 g/mol. The largest absolute Gasteiger partial charge is 0.448 e. The zero-order valence-corrected chi connectivity index (χ0v) is 19.0. The van der Waals surface area contributed by atoms with E-state index in [0.29, 0.717) is 36.0 Å². The Morgan fingerprint density at radius 2 is 1.97 bits per heavy atom.